The molecule has 9 heteroatoms. The largest absolute Gasteiger partial charge is 0.266 e. The van der Waals surface area contributed by atoms with Crippen molar-refractivity contribution >= 4 is 21.6 Å². The summed E-state index contributed by atoms with van der Waals surface area (Å²) >= 11 is 5.42. The van der Waals surface area contributed by atoms with Crippen LogP contribution >= 0.6 is 11.6 Å². The van der Waals surface area contributed by atoms with Crippen molar-refractivity contribution in [2.45, 2.75) is 11.5 Å². The van der Waals surface area contributed by atoms with Crippen LogP contribution in [0, 0.1) is 11.3 Å². The fraction of sp³-hybridized carbons (Fsp3) is 0.143. The van der Waals surface area contributed by atoms with Gasteiger partial charge in [-0.15, -0.1) is 0 Å². The van der Waals surface area contributed by atoms with Crippen molar-refractivity contribution in [3.63, 3.8) is 0 Å². The van der Waals surface area contributed by atoms with Crippen LogP contribution in [0.15, 0.2) is 11.2 Å². The van der Waals surface area contributed by atoms with E-state index >= 15 is 0 Å². The van der Waals surface area contributed by atoms with Gasteiger partial charge in [-0.05, 0) is 0 Å². The number of pyridine rings is 1. The normalized spacial score (nSPS) is 11.5. The summed E-state index contributed by atoms with van der Waals surface area (Å²) < 4.78 is 47.0. The van der Waals surface area contributed by atoms with Gasteiger partial charge in [0.2, 0.25) is 0 Å². The lowest BCUT2D eigenvalue weighted by Gasteiger charge is -2.07. The van der Waals surface area contributed by atoms with Gasteiger partial charge >= 0.3 is 0 Å². The van der Waals surface area contributed by atoms with Crippen molar-refractivity contribution < 1.29 is 17.2 Å². The minimum Gasteiger partial charge on any atom is -0.241 e. The summed E-state index contributed by atoms with van der Waals surface area (Å²) in [5, 5.41) is 11.5. The Labute approximate surface area is 94.5 Å². The number of nitriles is 1. The molecular formula is C7H4ClF2N3O2S. The van der Waals surface area contributed by atoms with Crippen LogP contribution in [0.2, 0.25) is 5.02 Å². The molecule has 0 radical (unpaired) electrons. The van der Waals surface area contributed by atoms with E-state index in [-0.39, 0.29) is 0 Å². The third kappa shape index (κ3) is 2.27. The minimum absolute atomic E-state index is 0.493. The van der Waals surface area contributed by atoms with Gasteiger partial charge in [0, 0.05) is 6.20 Å². The van der Waals surface area contributed by atoms with Crippen LogP contribution in [-0.2, 0) is 10.0 Å². The number of aromatic nitrogens is 1. The molecule has 0 aliphatic heterocycles. The van der Waals surface area contributed by atoms with Crippen LogP contribution in [0.1, 0.15) is 17.6 Å². The molecule has 0 aromatic carbocycles. The first kappa shape index (κ1) is 12.8. The Hall–Kier alpha value is -1.30. The van der Waals surface area contributed by atoms with Crippen molar-refractivity contribution in [3.8, 4) is 6.07 Å². The Morgan fingerprint density at radius 2 is 2.12 bits per heavy atom. The first-order valence-electron chi connectivity index (χ1n) is 3.68. The summed E-state index contributed by atoms with van der Waals surface area (Å²) in [7, 11) is -4.30. The molecule has 1 rings (SSSR count). The van der Waals surface area contributed by atoms with E-state index < -0.39 is 37.6 Å². The van der Waals surface area contributed by atoms with Crippen LogP contribution in [0.4, 0.5) is 8.78 Å². The van der Waals surface area contributed by atoms with Crippen molar-refractivity contribution in [1.29, 1.82) is 5.26 Å². The molecule has 86 valence electrons. The van der Waals surface area contributed by atoms with Crippen molar-refractivity contribution in [2.75, 3.05) is 0 Å². The second-order valence-corrected chi connectivity index (χ2v) is 4.52. The molecule has 0 bridgehead atoms. The lowest BCUT2D eigenvalue weighted by Crippen LogP contribution is -2.16. The smallest absolute Gasteiger partial charge is 0.241 e. The molecule has 5 nitrogen and oxygen atoms in total. The lowest BCUT2D eigenvalue weighted by molar-refractivity contribution is 0.150. The Bertz CT molecular complexity index is 568. The van der Waals surface area contributed by atoms with Crippen molar-refractivity contribution in [2.24, 2.45) is 5.14 Å². The summed E-state index contributed by atoms with van der Waals surface area (Å²) in [4.78, 5) is 3.26. The second kappa shape index (κ2) is 4.29. The molecular weight excluding hydrogens is 264 g/mol. The molecule has 1 aromatic rings. The van der Waals surface area contributed by atoms with E-state index in [1.807, 2.05) is 0 Å². The molecule has 0 amide bonds. The van der Waals surface area contributed by atoms with Crippen LogP contribution in [0.25, 0.3) is 0 Å². The molecule has 1 aromatic heterocycles. The SMILES string of the molecule is N#Cc1cnc(S(N)(=O)=O)c(Cl)c1C(F)F. The highest BCUT2D eigenvalue weighted by atomic mass is 35.5. The van der Waals surface area contributed by atoms with Gasteiger partial charge in [0.05, 0.1) is 16.1 Å². The number of rotatable bonds is 2. The molecule has 0 spiro atoms. The van der Waals surface area contributed by atoms with Crippen LogP contribution in [-0.4, -0.2) is 13.4 Å². The van der Waals surface area contributed by atoms with Gasteiger partial charge in [0.15, 0.2) is 5.03 Å². The highest BCUT2D eigenvalue weighted by molar-refractivity contribution is 7.89. The zero-order valence-electron chi connectivity index (χ0n) is 7.49. The average molecular weight is 268 g/mol. The summed E-state index contributed by atoms with van der Waals surface area (Å²) in [6, 6.07) is 1.43. The monoisotopic (exact) mass is 267 g/mol. The number of alkyl halides is 2. The molecule has 0 saturated heterocycles. The predicted molar refractivity (Wildman–Crippen MR) is 50.3 cm³/mol. The number of primary sulfonamides is 1. The van der Waals surface area contributed by atoms with E-state index in [4.69, 9.17) is 22.0 Å². The standard InChI is InChI=1S/C7H4ClF2N3O2S/c8-5-4(6(9)10)3(1-11)2-13-7(5)16(12,14)15/h2,6H,(H2,12,14,15). The zero-order valence-corrected chi connectivity index (χ0v) is 9.06. The van der Waals surface area contributed by atoms with Crippen LogP contribution < -0.4 is 5.14 Å². The van der Waals surface area contributed by atoms with Gasteiger partial charge in [-0.25, -0.2) is 27.3 Å². The van der Waals surface area contributed by atoms with E-state index in [1.54, 1.807) is 0 Å². The van der Waals surface area contributed by atoms with Crippen molar-refractivity contribution in [3.05, 3.63) is 22.3 Å². The number of halogens is 3. The summed E-state index contributed by atoms with van der Waals surface area (Å²) in [6.45, 7) is 0. The van der Waals surface area contributed by atoms with E-state index in [2.05, 4.69) is 4.98 Å². The first-order valence-corrected chi connectivity index (χ1v) is 5.61. The van der Waals surface area contributed by atoms with E-state index in [1.165, 1.54) is 6.07 Å². The number of nitrogens with two attached hydrogens (primary N) is 1. The van der Waals surface area contributed by atoms with Gasteiger partial charge in [-0.3, -0.25) is 0 Å². The Kier molecular flexibility index (Phi) is 3.42. The molecule has 0 aliphatic rings. The molecule has 1 heterocycles. The zero-order chi connectivity index (χ0) is 12.5. The van der Waals surface area contributed by atoms with E-state index in [0.29, 0.717) is 6.20 Å². The second-order valence-electron chi connectivity index (χ2n) is 2.66. The van der Waals surface area contributed by atoms with Gasteiger partial charge in [-0.1, -0.05) is 11.6 Å². The molecule has 2 N–H and O–H groups in total. The third-order valence-corrected chi connectivity index (χ3v) is 2.98. The Morgan fingerprint density at radius 3 is 2.50 bits per heavy atom. The van der Waals surface area contributed by atoms with Crippen LogP contribution in [0.5, 0.6) is 0 Å². The summed E-state index contributed by atoms with van der Waals surface area (Å²) in [5.74, 6) is 0. The molecule has 0 atom stereocenters. The van der Waals surface area contributed by atoms with E-state index in [0.717, 1.165) is 0 Å². The number of sulfonamides is 1. The molecule has 0 fully saturated rings. The Balaban J connectivity index is 3.65. The fourth-order valence-corrected chi connectivity index (χ4v) is 2.10. The number of nitrogens with zero attached hydrogens (tertiary/aromatic N) is 2. The Morgan fingerprint density at radius 1 is 1.56 bits per heavy atom. The lowest BCUT2D eigenvalue weighted by atomic mass is 10.1. The highest BCUT2D eigenvalue weighted by Crippen LogP contribution is 2.32. The third-order valence-electron chi connectivity index (χ3n) is 1.63. The molecule has 0 saturated carbocycles. The molecule has 0 aliphatic carbocycles. The maximum atomic E-state index is 12.5. The number of hydrogen-bond donors (Lipinski definition) is 1. The summed E-state index contributed by atoms with van der Waals surface area (Å²) in [5.41, 5.74) is -1.38. The molecule has 16 heavy (non-hydrogen) atoms. The molecule has 0 unspecified atom stereocenters. The quantitative estimate of drug-likeness (QED) is 0.870. The van der Waals surface area contributed by atoms with Gasteiger partial charge in [-0.2, -0.15) is 5.26 Å². The minimum atomic E-state index is -4.30. The maximum Gasteiger partial charge on any atom is 0.266 e. The maximum absolute atomic E-state index is 12.5. The topological polar surface area (TPSA) is 96.8 Å². The first-order chi connectivity index (χ1) is 7.29. The highest BCUT2D eigenvalue weighted by Gasteiger charge is 2.25. The fourth-order valence-electron chi connectivity index (χ4n) is 0.984. The van der Waals surface area contributed by atoms with Gasteiger partial charge in [0.1, 0.15) is 6.07 Å². The predicted octanol–water partition coefficient (Wildman–Crippen LogP) is 1.19. The summed E-state index contributed by atoms with van der Waals surface area (Å²) in [6.07, 6.45) is -2.40. The van der Waals surface area contributed by atoms with E-state index in [9.17, 15) is 17.2 Å². The number of hydrogen-bond acceptors (Lipinski definition) is 4. The van der Waals surface area contributed by atoms with Crippen LogP contribution in [0.3, 0.4) is 0 Å². The average Bonchev–Trinajstić information content (AvgIpc) is 2.14. The van der Waals surface area contributed by atoms with Gasteiger partial charge < -0.3 is 0 Å². The van der Waals surface area contributed by atoms with Gasteiger partial charge in [0.25, 0.3) is 16.4 Å². The van der Waals surface area contributed by atoms with Crippen molar-refractivity contribution in [1.82, 2.24) is 4.98 Å².